The molecule has 2 fully saturated rings. The maximum absolute atomic E-state index is 12.4. The van der Waals surface area contributed by atoms with Crippen LogP contribution in [0, 0.1) is 22.7 Å². The average molecular weight is 541 g/mol. The van der Waals surface area contributed by atoms with Crippen LogP contribution in [0.15, 0.2) is 17.4 Å². The van der Waals surface area contributed by atoms with Crippen LogP contribution in [0.1, 0.15) is 74.1 Å². The van der Waals surface area contributed by atoms with Crippen LogP contribution in [-0.2, 0) is 33.3 Å². The smallest absolute Gasteiger partial charge is 0.320 e. The van der Waals surface area contributed by atoms with Gasteiger partial charge in [0.25, 0.3) is 0 Å². The Morgan fingerprint density at radius 1 is 1.06 bits per heavy atom. The normalized spacial score (nSPS) is 26.4. The summed E-state index contributed by atoms with van der Waals surface area (Å²) in [5.74, 6) is -2.63. The fraction of sp³-hybridized carbons (Fsp3) is 0.741. The van der Waals surface area contributed by atoms with Crippen LogP contribution in [0.2, 0.25) is 0 Å². The Balaban J connectivity index is 2.49. The number of rotatable bonds is 9. The number of ether oxygens (including phenoxy) is 4. The van der Waals surface area contributed by atoms with Gasteiger partial charge in [0, 0.05) is 23.7 Å². The van der Waals surface area contributed by atoms with Gasteiger partial charge in [-0.05, 0) is 75.6 Å². The van der Waals surface area contributed by atoms with Crippen LogP contribution >= 0.6 is 24.0 Å². The van der Waals surface area contributed by atoms with Gasteiger partial charge in [-0.15, -0.1) is 5.73 Å². The summed E-state index contributed by atoms with van der Waals surface area (Å²) < 4.78 is 22.0. The van der Waals surface area contributed by atoms with E-state index < -0.39 is 24.0 Å². The Kier molecular flexibility index (Phi) is 11.1. The van der Waals surface area contributed by atoms with E-state index in [4.69, 9.17) is 31.2 Å². The molecule has 36 heavy (non-hydrogen) atoms. The molecule has 0 bridgehead atoms. The van der Waals surface area contributed by atoms with E-state index in [2.05, 4.69) is 26.5 Å². The summed E-state index contributed by atoms with van der Waals surface area (Å²) in [6, 6.07) is 0. The van der Waals surface area contributed by atoms with E-state index in [1.807, 2.05) is 6.92 Å². The van der Waals surface area contributed by atoms with Crippen molar-refractivity contribution >= 4 is 46.3 Å². The van der Waals surface area contributed by atoms with Crippen LogP contribution in [0.3, 0.4) is 0 Å². The zero-order chi connectivity index (χ0) is 27.1. The minimum absolute atomic E-state index is 0.0400. The lowest BCUT2D eigenvalue weighted by molar-refractivity contribution is -0.161. The summed E-state index contributed by atoms with van der Waals surface area (Å²) in [7, 11) is 0. The van der Waals surface area contributed by atoms with Crippen LogP contribution in [-0.4, -0.2) is 53.5 Å². The zero-order valence-corrected chi connectivity index (χ0v) is 24.1. The summed E-state index contributed by atoms with van der Waals surface area (Å²) in [6.07, 6.45) is 3.87. The zero-order valence-electron chi connectivity index (χ0n) is 22.5. The van der Waals surface area contributed by atoms with Crippen molar-refractivity contribution in [2.45, 2.75) is 85.5 Å². The Morgan fingerprint density at radius 3 is 2.17 bits per heavy atom. The molecule has 2 saturated carbocycles. The largest absolute Gasteiger partial charge is 0.479 e. The van der Waals surface area contributed by atoms with Gasteiger partial charge in [-0.3, -0.25) is 14.4 Å². The molecule has 7 nitrogen and oxygen atoms in total. The summed E-state index contributed by atoms with van der Waals surface area (Å²) in [4.78, 5) is 36.8. The molecule has 0 saturated heterocycles. The quantitative estimate of drug-likeness (QED) is 0.125. The first kappa shape index (κ1) is 30.4. The highest BCUT2D eigenvalue weighted by Gasteiger charge is 2.57. The summed E-state index contributed by atoms with van der Waals surface area (Å²) in [6.45, 7) is 14.3. The minimum atomic E-state index is -1.07. The van der Waals surface area contributed by atoms with E-state index in [9.17, 15) is 14.4 Å². The lowest BCUT2D eigenvalue weighted by Crippen LogP contribution is -2.43. The molecule has 0 heterocycles. The Hall–Kier alpha value is -1.83. The molecule has 2 rings (SSSR count). The van der Waals surface area contributed by atoms with Gasteiger partial charge in [-0.25, -0.2) is 0 Å². The van der Waals surface area contributed by atoms with Gasteiger partial charge in [0.2, 0.25) is 4.38 Å². The van der Waals surface area contributed by atoms with Gasteiger partial charge < -0.3 is 18.9 Å². The van der Waals surface area contributed by atoms with Gasteiger partial charge >= 0.3 is 17.9 Å². The molecule has 2 aliphatic carbocycles. The number of hydrogen-bond acceptors (Lipinski definition) is 9. The standard InChI is InChI=1S/C27H40O7S2/c1-8-31-23(29)19(24(30)32-9-2)13-11-12-18-20(34-17(4)28)14-27(7)16-26(5,6)15-21(22(18)27)36-25(35)33-10-3/h11,19-22H,8-10,13-16H2,1-7H3/t12?,20?,21?,22-,27+/m0/s1. The lowest BCUT2D eigenvalue weighted by Gasteiger charge is -2.48. The van der Waals surface area contributed by atoms with E-state index in [1.54, 1.807) is 31.7 Å². The molecule has 0 aromatic rings. The summed E-state index contributed by atoms with van der Waals surface area (Å²) >= 11 is 7.04. The predicted octanol–water partition coefficient (Wildman–Crippen LogP) is 5.40. The SMILES string of the molecule is CCOC(=O)C(CC=C=C1C(OC(C)=O)C[C@]2(C)CC(C)(C)CC(SC(=S)OCC)[C@H]12)C(=O)OCC. The van der Waals surface area contributed by atoms with Crippen LogP contribution < -0.4 is 0 Å². The van der Waals surface area contributed by atoms with E-state index in [1.165, 1.54) is 6.92 Å². The maximum atomic E-state index is 12.4. The third-order valence-corrected chi connectivity index (χ3v) is 8.13. The van der Waals surface area contributed by atoms with Crippen molar-refractivity contribution in [2.75, 3.05) is 19.8 Å². The molecule has 0 radical (unpaired) electrons. The predicted molar refractivity (Wildman–Crippen MR) is 143 cm³/mol. The molecule has 4 atom stereocenters. The third kappa shape index (κ3) is 7.83. The van der Waals surface area contributed by atoms with Crippen LogP contribution in [0.4, 0.5) is 0 Å². The fourth-order valence-corrected chi connectivity index (χ4v) is 7.91. The third-order valence-electron chi connectivity index (χ3n) is 6.67. The van der Waals surface area contributed by atoms with Gasteiger partial charge in [0.15, 0.2) is 5.92 Å². The van der Waals surface area contributed by atoms with Crippen molar-refractivity contribution in [1.29, 1.82) is 0 Å². The number of carbonyl (C=O) groups is 3. The molecule has 0 amide bonds. The van der Waals surface area contributed by atoms with Crippen molar-refractivity contribution in [3.8, 4) is 0 Å². The Morgan fingerprint density at radius 2 is 1.64 bits per heavy atom. The van der Waals surface area contributed by atoms with Gasteiger partial charge in [0.1, 0.15) is 6.10 Å². The highest BCUT2D eigenvalue weighted by molar-refractivity contribution is 8.23. The summed E-state index contributed by atoms with van der Waals surface area (Å²) in [5, 5.41) is 0.111. The van der Waals surface area contributed by atoms with Gasteiger partial charge in [0.05, 0.1) is 19.8 Å². The van der Waals surface area contributed by atoms with E-state index in [0.29, 0.717) is 17.4 Å². The van der Waals surface area contributed by atoms with Gasteiger partial charge in [-0.1, -0.05) is 32.5 Å². The van der Waals surface area contributed by atoms with E-state index in [0.717, 1.165) is 18.4 Å². The topological polar surface area (TPSA) is 88.1 Å². The monoisotopic (exact) mass is 540 g/mol. The first-order valence-corrected chi connectivity index (χ1v) is 13.9. The molecule has 0 spiro atoms. The second-order valence-corrected chi connectivity index (χ2v) is 12.3. The molecular formula is C27H40O7S2. The number of hydrogen-bond donors (Lipinski definition) is 0. The number of thiocarbonyl (C=S) groups is 1. The number of thioether (sulfide) groups is 1. The molecule has 0 aromatic heterocycles. The van der Waals surface area contributed by atoms with Crippen LogP contribution in [0.25, 0.3) is 0 Å². The molecule has 2 unspecified atom stereocenters. The van der Waals surface area contributed by atoms with Crippen molar-refractivity contribution in [3.05, 3.63) is 17.4 Å². The first-order valence-electron chi connectivity index (χ1n) is 12.7. The molecule has 0 aromatic carbocycles. The molecule has 2 aliphatic rings. The molecule has 9 heteroatoms. The number of fused-ring (bicyclic) bond motifs is 1. The lowest BCUT2D eigenvalue weighted by atomic mass is 9.60. The van der Waals surface area contributed by atoms with Crippen molar-refractivity contribution in [2.24, 2.45) is 22.7 Å². The van der Waals surface area contributed by atoms with E-state index in [-0.39, 0.29) is 47.6 Å². The Labute approximate surface area is 224 Å². The molecule has 0 N–H and O–H groups in total. The second-order valence-electron chi connectivity index (χ2n) is 10.4. The van der Waals surface area contributed by atoms with Crippen molar-refractivity contribution < 1.29 is 33.3 Å². The first-order chi connectivity index (χ1) is 16.9. The number of esters is 3. The second kappa shape index (κ2) is 13.1. The van der Waals surface area contributed by atoms with Crippen molar-refractivity contribution in [1.82, 2.24) is 0 Å². The number of carbonyl (C=O) groups excluding carboxylic acids is 3. The molecule has 202 valence electrons. The Bertz CT molecular complexity index is 888. The minimum Gasteiger partial charge on any atom is -0.479 e. The molecule has 0 aliphatic heterocycles. The highest BCUT2D eigenvalue weighted by atomic mass is 32.2. The highest BCUT2D eigenvalue weighted by Crippen LogP contribution is 2.62. The van der Waals surface area contributed by atoms with Crippen molar-refractivity contribution in [3.63, 3.8) is 0 Å². The average Bonchev–Trinajstić information content (AvgIpc) is 3.00. The van der Waals surface area contributed by atoms with E-state index >= 15 is 0 Å². The maximum Gasteiger partial charge on any atom is 0.320 e. The van der Waals surface area contributed by atoms with Crippen LogP contribution in [0.5, 0.6) is 0 Å². The van der Waals surface area contributed by atoms with Gasteiger partial charge in [-0.2, -0.15) is 0 Å². The summed E-state index contributed by atoms with van der Waals surface area (Å²) in [5.41, 5.74) is 4.15. The molecular weight excluding hydrogens is 500 g/mol. The fourth-order valence-electron chi connectivity index (χ4n) is 5.84.